The Kier molecular flexibility index (Phi) is 6.70. The van der Waals surface area contributed by atoms with Crippen LogP contribution in [0.5, 0.6) is 11.5 Å². The highest BCUT2D eigenvalue weighted by Gasteiger charge is 2.36. The molecule has 1 aliphatic heterocycles. The molecular formula is C29H30N2O4. The first-order chi connectivity index (χ1) is 17.1. The van der Waals surface area contributed by atoms with Crippen molar-refractivity contribution < 1.29 is 19.1 Å². The number of aryl methyl sites for hydroxylation is 1. The van der Waals surface area contributed by atoms with Crippen molar-refractivity contribution in [3.63, 3.8) is 0 Å². The van der Waals surface area contributed by atoms with Crippen LogP contribution in [0.1, 0.15) is 48.9 Å². The molecule has 0 saturated heterocycles. The average molecular weight is 471 g/mol. The highest BCUT2D eigenvalue weighted by atomic mass is 16.5. The Morgan fingerprint density at radius 2 is 1.86 bits per heavy atom. The average Bonchev–Trinajstić information content (AvgIpc) is 3.03. The van der Waals surface area contributed by atoms with Crippen molar-refractivity contribution in [2.24, 2.45) is 0 Å². The van der Waals surface area contributed by atoms with Gasteiger partial charge in [0.2, 0.25) is 0 Å². The van der Waals surface area contributed by atoms with E-state index in [1.54, 1.807) is 0 Å². The molecule has 0 bridgehead atoms. The number of anilines is 1. The fourth-order valence-electron chi connectivity index (χ4n) is 4.98. The smallest absolute Gasteiger partial charge is 0.264 e. The topological polar surface area (TPSA) is 67.9 Å². The van der Waals surface area contributed by atoms with Crippen molar-refractivity contribution in [3.05, 3.63) is 89.5 Å². The predicted octanol–water partition coefficient (Wildman–Crippen LogP) is 5.28. The van der Waals surface area contributed by atoms with Crippen molar-refractivity contribution in [1.29, 1.82) is 0 Å². The van der Waals surface area contributed by atoms with Crippen LogP contribution >= 0.6 is 0 Å². The van der Waals surface area contributed by atoms with Gasteiger partial charge in [0.1, 0.15) is 11.5 Å². The fourth-order valence-corrected chi connectivity index (χ4v) is 4.98. The number of fused-ring (bicyclic) bond motifs is 2. The molecule has 3 aromatic carbocycles. The lowest BCUT2D eigenvalue weighted by Crippen LogP contribution is -2.42. The molecule has 5 rings (SSSR count). The Hall–Kier alpha value is -3.80. The summed E-state index contributed by atoms with van der Waals surface area (Å²) in [5, 5.41) is 2.91. The van der Waals surface area contributed by atoms with Crippen LogP contribution < -0.4 is 14.8 Å². The van der Waals surface area contributed by atoms with Gasteiger partial charge in [0.25, 0.3) is 11.8 Å². The van der Waals surface area contributed by atoms with Crippen molar-refractivity contribution in [2.75, 3.05) is 11.9 Å². The number of carbonyl (C=O) groups is 2. The largest absolute Gasteiger partial charge is 0.484 e. The van der Waals surface area contributed by atoms with Crippen LogP contribution in [0.15, 0.2) is 72.8 Å². The van der Waals surface area contributed by atoms with Gasteiger partial charge in [-0.3, -0.25) is 9.59 Å². The summed E-state index contributed by atoms with van der Waals surface area (Å²) >= 11 is 0. The summed E-state index contributed by atoms with van der Waals surface area (Å²) in [4.78, 5) is 28.0. The van der Waals surface area contributed by atoms with E-state index in [2.05, 4.69) is 23.5 Å². The first-order valence-electron chi connectivity index (χ1n) is 12.3. The maximum absolute atomic E-state index is 13.6. The number of amides is 2. The SMILES string of the molecule is CC[C@H]1Oc2ccc(NC(=O)COc3ccccc3)cc2CN([C@@H]2CCCc3ccccc32)C1=O. The molecule has 0 unspecified atom stereocenters. The second kappa shape index (κ2) is 10.2. The Morgan fingerprint density at radius 1 is 1.06 bits per heavy atom. The molecule has 6 nitrogen and oxygen atoms in total. The Morgan fingerprint density at radius 3 is 2.69 bits per heavy atom. The monoisotopic (exact) mass is 470 g/mol. The Labute approximate surface area is 205 Å². The van der Waals surface area contributed by atoms with Crippen LogP contribution in [0.25, 0.3) is 0 Å². The molecule has 180 valence electrons. The molecule has 1 heterocycles. The maximum Gasteiger partial charge on any atom is 0.264 e. The van der Waals surface area contributed by atoms with Crippen LogP contribution in [-0.2, 0) is 22.6 Å². The molecule has 0 spiro atoms. The lowest BCUT2D eigenvalue weighted by atomic mass is 9.86. The summed E-state index contributed by atoms with van der Waals surface area (Å²) in [5.74, 6) is 1.11. The second-order valence-corrected chi connectivity index (χ2v) is 9.06. The van der Waals surface area contributed by atoms with Gasteiger partial charge in [-0.2, -0.15) is 0 Å². The van der Waals surface area contributed by atoms with Gasteiger partial charge in [0.05, 0.1) is 12.6 Å². The third-order valence-corrected chi connectivity index (χ3v) is 6.71. The lowest BCUT2D eigenvalue weighted by Gasteiger charge is -2.36. The lowest BCUT2D eigenvalue weighted by molar-refractivity contribution is -0.141. The normalized spacial score (nSPS) is 19.1. The van der Waals surface area contributed by atoms with Crippen LogP contribution in [0.2, 0.25) is 0 Å². The number of hydrogen-bond donors (Lipinski definition) is 1. The van der Waals surface area contributed by atoms with Crippen molar-refractivity contribution >= 4 is 17.5 Å². The Bertz CT molecular complexity index is 1210. The first-order valence-corrected chi connectivity index (χ1v) is 12.3. The number of nitrogens with zero attached hydrogens (tertiary/aromatic N) is 1. The summed E-state index contributed by atoms with van der Waals surface area (Å²) in [7, 11) is 0. The van der Waals surface area contributed by atoms with Crippen LogP contribution in [-0.4, -0.2) is 29.4 Å². The van der Waals surface area contributed by atoms with Crippen LogP contribution in [0.3, 0.4) is 0 Å². The highest BCUT2D eigenvalue weighted by molar-refractivity contribution is 5.92. The minimum atomic E-state index is -0.523. The number of ether oxygens (including phenoxy) is 2. The van der Waals surface area contributed by atoms with E-state index in [4.69, 9.17) is 9.47 Å². The zero-order valence-electron chi connectivity index (χ0n) is 19.9. The fraction of sp³-hybridized carbons (Fsp3) is 0.310. The van der Waals surface area contributed by atoms with Gasteiger partial charge < -0.3 is 19.7 Å². The van der Waals surface area contributed by atoms with Gasteiger partial charge in [-0.1, -0.05) is 49.4 Å². The zero-order chi connectivity index (χ0) is 24.2. The van der Waals surface area contributed by atoms with E-state index < -0.39 is 6.10 Å². The molecule has 3 aromatic rings. The van der Waals surface area contributed by atoms with Gasteiger partial charge in [0.15, 0.2) is 12.7 Å². The number of hydrogen-bond acceptors (Lipinski definition) is 4. The highest BCUT2D eigenvalue weighted by Crippen LogP contribution is 2.39. The molecule has 35 heavy (non-hydrogen) atoms. The van der Waals surface area contributed by atoms with Gasteiger partial charge in [-0.15, -0.1) is 0 Å². The van der Waals surface area contributed by atoms with Gasteiger partial charge in [0, 0.05) is 11.3 Å². The van der Waals surface area contributed by atoms with E-state index in [9.17, 15) is 9.59 Å². The van der Waals surface area contributed by atoms with E-state index in [0.717, 1.165) is 24.8 Å². The maximum atomic E-state index is 13.6. The summed E-state index contributed by atoms with van der Waals surface area (Å²) in [5.41, 5.74) is 4.09. The van der Waals surface area contributed by atoms with Gasteiger partial charge in [-0.05, 0) is 67.1 Å². The van der Waals surface area contributed by atoms with Gasteiger partial charge in [-0.25, -0.2) is 0 Å². The number of para-hydroxylation sites is 1. The molecule has 2 aliphatic rings. The van der Waals surface area contributed by atoms with Crippen LogP contribution in [0.4, 0.5) is 5.69 Å². The minimum absolute atomic E-state index is 0.0206. The van der Waals surface area contributed by atoms with Crippen LogP contribution in [0, 0.1) is 0 Å². The van der Waals surface area contributed by atoms with E-state index in [1.165, 1.54) is 11.1 Å². The standard InChI is InChI=1S/C29H30N2O4/c1-2-26-29(33)31(25-14-8-10-20-9-6-7-13-24(20)25)18-21-17-22(15-16-27(21)35-26)30-28(32)19-34-23-11-4-3-5-12-23/h3-7,9,11-13,15-17,25-26H,2,8,10,14,18-19H2,1H3,(H,30,32)/t25-,26-/m1/s1. The minimum Gasteiger partial charge on any atom is -0.484 e. The summed E-state index contributed by atoms with van der Waals surface area (Å²) in [6.45, 7) is 2.33. The second-order valence-electron chi connectivity index (χ2n) is 9.06. The van der Waals surface area contributed by atoms with E-state index >= 15 is 0 Å². The van der Waals surface area contributed by atoms with Crippen molar-refractivity contribution in [1.82, 2.24) is 4.90 Å². The number of carbonyl (C=O) groups excluding carboxylic acids is 2. The molecule has 2 amide bonds. The quantitative estimate of drug-likeness (QED) is 0.532. The molecule has 1 aliphatic carbocycles. The van der Waals surface area contributed by atoms with E-state index in [-0.39, 0.29) is 24.5 Å². The summed E-state index contributed by atoms with van der Waals surface area (Å²) in [6, 6.07) is 23.2. The molecule has 2 atom stereocenters. The number of benzene rings is 3. The molecular weight excluding hydrogens is 440 g/mol. The zero-order valence-corrected chi connectivity index (χ0v) is 19.9. The molecule has 6 heteroatoms. The third kappa shape index (κ3) is 5.02. The summed E-state index contributed by atoms with van der Waals surface area (Å²) < 4.78 is 11.7. The Balaban J connectivity index is 1.37. The van der Waals surface area contributed by atoms with Gasteiger partial charge >= 0.3 is 0 Å². The van der Waals surface area contributed by atoms with Crippen molar-refractivity contribution in [2.45, 2.75) is 51.3 Å². The van der Waals surface area contributed by atoms with E-state index in [0.29, 0.717) is 30.2 Å². The summed E-state index contributed by atoms with van der Waals surface area (Å²) in [6.07, 6.45) is 3.10. The number of nitrogens with one attached hydrogen (secondary N) is 1. The molecule has 0 radical (unpaired) electrons. The molecule has 1 N–H and O–H groups in total. The molecule has 0 saturated carbocycles. The third-order valence-electron chi connectivity index (χ3n) is 6.71. The van der Waals surface area contributed by atoms with E-state index in [1.807, 2.05) is 66.4 Å². The molecule has 0 fully saturated rings. The molecule has 0 aromatic heterocycles. The van der Waals surface area contributed by atoms with Crippen molar-refractivity contribution in [3.8, 4) is 11.5 Å². The number of rotatable bonds is 6. The predicted molar refractivity (Wildman–Crippen MR) is 134 cm³/mol. The first kappa shape index (κ1) is 23.0.